The molecule has 3 rings (SSSR count). The standard InChI is InChI=1S/C17H24N2O2/c1-3-4-5-12-19-15(18-17(10-11-17)16(19)20)13-6-8-14(21-2)9-7-13/h6-9,15,18H,3-5,10-12H2,1-2H3. The van der Waals surface area contributed by atoms with Crippen LogP contribution in [-0.4, -0.2) is 30.0 Å². The maximum atomic E-state index is 12.6. The smallest absolute Gasteiger partial charge is 0.244 e. The third-order valence-electron chi connectivity index (χ3n) is 4.58. The van der Waals surface area contributed by atoms with Crippen LogP contribution < -0.4 is 10.1 Å². The van der Waals surface area contributed by atoms with Crippen molar-refractivity contribution in [2.75, 3.05) is 13.7 Å². The zero-order valence-electron chi connectivity index (χ0n) is 12.9. The summed E-state index contributed by atoms with van der Waals surface area (Å²) in [5, 5.41) is 3.56. The Hall–Kier alpha value is -1.55. The van der Waals surface area contributed by atoms with Crippen molar-refractivity contribution in [2.24, 2.45) is 0 Å². The number of carbonyl (C=O) groups excluding carboxylic acids is 1. The van der Waals surface area contributed by atoms with Gasteiger partial charge in [0.15, 0.2) is 0 Å². The van der Waals surface area contributed by atoms with E-state index in [1.807, 2.05) is 17.0 Å². The molecule has 1 aromatic rings. The van der Waals surface area contributed by atoms with Crippen LogP contribution in [0.5, 0.6) is 5.75 Å². The van der Waals surface area contributed by atoms with Gasteiger partial charge in [-0.3, -0.25) is 10.1 Å². The van der Waals surface area contributed by atoms with Crippen molar-refractivity contribution in [2.45, 2.75) is 50.7 Å². The zero-order chi connectivity index (χ0) is 14.9. The van der Waals surface area contributed by atoms with Crippen LogP contribution in [0.3, 0.4) is 0 Å². The second kappa shape index (κ2) is 5.68. The number of nitrogens with zero attached hydrogens (tertiary/aromatic N) is 1. The molecule has 1 saturated heterocycles. The maximum Gasteiger partial charge on any atom is 0.244 e. The van der Waals surface area contributed by atoms with Crippen LogP contribution in [-0.2, 0) is 4.79 Å². The minimum Gasteiger partial charge on any atom is -0.497 e. The Morgan fingerprint density at radius 2 is 2.00 bits per heavy atom. The van der Waals surface area contributed by atoms with Crippen LogP contribution in [0, 0.1) is 0 Å². The van der Waals surface area contributed by atoms with Crippen LogP contribution in [0.25, 0.3) is 0 Å². The van der Waals surface area contributed by atoms with E-state index < -0.39 is 0 Å². The molecule has 4 nitrogen and oxygen atoms in total. The summed E-state index contributed by atoms with van der Waals surface area (Å²) in [6.07, 6.45) is 5.39. The lowest BCUT2D eigenvalue weighted by Gasteiger charge is -2.24. The average molecular weight is 288 g/mol. The highest BCUT2D eigenvalue weighted by Gasteiger charge is 2.59. The van der Waals surface area contributed by atoms with Crippen molar-refractivity contribution in [3.8, 4) is 5.75 Å². The fourth-order valence-corrected chi connectivity index (χ4v) is 3.09. The summed E-state index contributed by atoms with van der Waals surface area (Å²) < 4.78 is 5.21. The van der Waals surface area contributed by atoms with E-state index in [0.29, 0.717) is 5.91 Å². The molecule has 1 aliphatic carbocycles. The summed E-state index contributed by atoms with van der Waals surface area (Å²) in [4.78, 5) is 14.7. The van der Waals surface area contributed by atoms with Gasteiger partial charge >= 0.3 is 0 Å². The third-order valence-corrected chi connectivity index (χ3v) is 4.58. The maximum absolute atomic E-state index is 12.6. The topological polar surface area (TPSA) is 41.6 Å². The molecule has 1 saturated carbocycles. The molecule has 1 spiro atoms. The fraction of sp³-hybridized carbons (Fsp3) is 0.588. The highest BCUT2D eigenvalue weighted by molar-refractivity contribution is 5.92. The van der Waals surface area contributed by atoms with Crippen molar-refractivity contribution in [3.63, 3.8) is 0 Å². The van der Waals surface area contributed by atoms with Gasteiger partial charge in [0.05, 0.1) is 7.11 Å². The number of ether oxygens (including phenoxy) is 1. The van der Waals surface area contributed by atoms with E-state index in [9.17, 15) is 4.79 Å². The lowest BCUT2D eigenvalue weighted by molar-refractivity contribution is -0.130. The second-order valence-corrected chi connectivity index (χ2v) is 6.11. The minimum absolute atomic E-state index is 0.0164. The van der Waals surface area contributed by atoms with E-state index in [0.717, 1.165) is 37.1 Å². The quantitative estimate of drug-likeness (QED) is 0.818. The number of rotatable bonds is 6. The molecule has 2 aliphatic rings. The molecular weight excluding hydrogens is 264 g/mol. The molecule has 1 atom stereocenters. The fourth-order valence-electron chi connectivity index (χ4n) is 3.09. The summed E-state index contributed by atoms with van der Waals surface area (Å²) in [6.45, 7) is 3.03. The average Bonchev–Trinajstić information content (AvgIpc) is 3.25. The summed E-state index contributed by atoms with van der Waals surface area (Å²) in [6, 6.07) is 8.03. The van der Waals surface area contributed by atoms with Gasteiger partial charge in [-0.2, -0.15) is 0 Å². The Balaban J connectivity index is 1.78. The molecule has 0 aromatic heterocycles. The molecule has 1 aromatic carbocycles. The van der Waals surface area contributed by atoms with Crippen molar-refractivity contribution >= 4 is 5.91 Å². The van der Waals surface area contributed by atoms with E-state index in [2.05, 4.69) is 24.4 Å². The van der Waals surface area contributed by atoms with Gasteiger partial charge in [0, 0.05) is 6.54 Å². The van der Waals surface area contributed by atoms with Crippen LogP contribution in [0.15, 0.2) is 24.3 Å². The molecule has 0 bridgehead atoms. The third kappa shape index (κ3) is 2.64. The number of methoxy groups -OCH3 is 1. The minimum atomic E-state index is -0.253. The Morgan fingerprint density at radius 1 is 1.29 bits per heavy atom. The predicted molar refractivity (Wildman–Crippen MR) is 82.1 cm³/mol. The molecule has 1 unspecified atom stereocenters. The number of nitrogens with one attached hydrogen (secondary N) is 1. The molecule has 1 aliphatic heterocycles. The van der Waals surface area contributed by atoms with Crippen molar-refractivity contribution < 1.29 is 9.53 Å². The number of unbranched alkanes of at least 4 members (excludes halogenated alkanes) is 2. The summed E-state index contributed by atoms with van der Waals surface area (Å²) >= 11 is 0. The number of hydrogen-bond acceptors (Lipinski definition) is 3. The monoisotopic (exact) mass is 288 g/mol. The Labute approximate surface area is 126 Å². The molecular formula is C17H24N2O2. The summed E-state index contributed by atoms with van der Waals surface area (Å²) in [5.74, 6) is 1.14. The Kier molecular flexibility index (Phi) is 3.89. The first kappa shape index (κ1) is 14.4. The SMILES string of the molecule is CCCCCN1C(=O)C2(CC2)NC1c1ccc(OC)cc1. The van der Waals surface area contributed by atoms with Gasteiger partial charge in [0.1, 0.15) is 17.5 Å². The van der Waals surface area contributed by atoms with E-state index in [-0.39, 0.29) is 11.7 Å². The van der Waals surface area contributed by atoms with Gasteiger partial charge < -0.3 is 9.64 Å². The highest BCUT2D eigenvalue weighted by atomic mass is 16.5. The molecule has 1 N–H and O–H groups in total. The van der Waals surface area contributed by atoms with Gasteiger partial charge in [-0.1, -0.05) is 31.9 Å². The van der Waals surface area contributed by atoms with E-state index >= 15 is 0 Å². The molecule has 2 fully saturated rings. The van der Waals surface area contributed by atoms with E-state index in [1.54, 1.807) is 7.11 Å². The van der Waals surface area contributed by atoms with E-state index in [4.69, 9.17) is 4.74 Å². The Morgan fingerprint density at radius 3 is 2.57 bits per heavy atom. The van der Waals surface area contributed by atoms with Crippen molar-refractivity contribution in [1.82, 2.24) is 10.2 Å². The van der Waals surface area contributed by atoms with Gasteiger partial charge in [0.2, 0.25) is 5.91 Å². The van der Waals surface area contributed by atoms with Crippen LogP contribution >= 0.6 is 0 Å². The van der Waals surface area contributed by atoms with Crippen LogP contribution in [0.2, 0.25) is 0 Å². The summed E-state index contributed by atoms with van der Waals surface area (Å²) in [5.41, 5.74) is 0.890. The highest BCUT2D eigenvalue weighted by Crippen LogP contribution is 2.46. The molecule has 21 heavy (non-hydrogen) atoms. The van der Waals surface area contributed by atoms with Gasteiger partial charge in [-0.15, -0.1) is 0 Å². The molecule has 1 amide bonds. The van der Waals surface area contributed by atoms with Gasteiger partial charge in [-0.25, -0.2) is 0 Å². The van der Waals surface area contributed by atoms with Crippen molar-refractivity contribution in [3.05, 3.63) is 29.8 Å². The van der Waals surface area contributed by atoms with Gasteiger partial charge in [-0.05, 0) is 37.0 Å². The summed E-state index contributed by atoms with van der Waals surface area (Å²) in [7, 11) is 1.67. The normalized spacial score (nSPS) is 22.9. The number of benzene rings is 1. The zero-order valence-corrected chi connectivity index (χ0v) is 12.9. The lowest BCUT2D eigenvalue weighted by Crippen LogP contribution is -2.33. The molecule has 1 heterocycles. The lowest BCUT2D eigenvalue weighted by atomic mass is 10.1. The molecule has 4 heteroatoms. The first-order valence-corrected chi connectivity index (χ1v) is 7.93. The van der Waals surface area contributed by atoms with E-state index in [1.165, 1.54) is 12.8 Å². The molecule has 114 valence electrons. The largest absolute Gasteiger partial charge is 0.497 e. The number of amides is 1. The molecule has 0 radical (unpaired) electrons. The first-order valence-electron chi connectivity index (χ1n) is 7.93. The number of hydrogen-bond donors (Lipinski definition) is 1. The Bertz CT molecular complexity index is 508. The second-order valence-electron chi connectivity index (χ2n) is 6.11. The van der Waals surface area contributed by atoms with Crippen LogP contribution in [0.4, 0.5) is 0 Å². The number of carbonyl (C=O) groups is 1. The van der Waals surface area contributed by atoms with Crippen LogP contribution in [0.1, 0.15) is 50.8 Å². The first-order chi connectivity index (χ1) is 10.2. The van der Waals surface area contributed by atoms with Crippen molar-refractivity contribution in [1.29, 1.82) is 0 Å². The predicted octanol–water partition coefficient (Wildman–Crippen LogP) is 2.85. The van der Waals surface area contributed by atoms with Gasteiger partial charge in [0.25, 0.3) is 0 Å².